The molecule has 0 aliphatic rings. The molecule has 0 aromatic rings. The van der Waals surface area contributed by atoms with Crippen molar-refractivity contribution in [2.45, 2.75) is 52.7 Å². The average Bonchev–Trinajstić information content (AvgIpc) is 1.99. The minimum atomic E-state index is 0.173. The lowest BCUT2D eigenvalue weighted by molar-refractivity contribution is 0.0638. The van der Waals surface area contributed by atoms with Crippen LogP contribution >= 0.6 is 0 Å². The van der Waals surface area contributed by atoms with Crippen molar-refractivity contribution in [1.29, 1.82) is 0 Å². The third-order valence-electron chi connectivity index (χ3n) is 1.85. The van der Waals surface area contributed by atoms with Crippen molar-refractivity contribution in [3.63, 3.8) is 0 Å². The van der Waals surface area contributed by atoms with Crippen molar-refractivity contribution >= 4 is 0 Å². The summed E-state index contributed by atoms with van der Waals surface area (Å²) in [6.07, 6.45) is 1.23. The van der Waals surface area contributed by atoms with E-state index < -0.39 is 0 Å². The largest absolute Gasteiger partial charge is 0.377 e. The quantitative estimate of drug-likeness (QED) is 0.664. The number of ether oxygens (including phenoxy) is 1. The summed E-state index contributed by atoms with van der Waals surface area (Å²) in [5.74, 6) is 0. The Morgan fingerprint density at radius 2 is 2.00 bits per heavy atom. The molecule has 0 saturated heterocycles. The molecule has 0 heterocycles. The van der Waals surface area contributed by atoms with Gasteiger partial charge in [0.15, 0.2) is 0 Å². The molecule has 0 rings (SSSR count). The number of rotatable bonds is 6. The normalized spacial score (nSPS) is 14.1. The smallest absolute Gasteiger partial charge is 0.0671 e. The van der Waals surface area contributed by atoms with E-state index in [1.807, 2.05) is 6.92 Å². The summed E-state index contributed by atoms with van der Waals surface area (Å²) >= 11 is 0. The summed E-state index contributed by atoms with van der Waals surface area (Å²) in [6, 6.07) is 0. The molecule has 0 aliphatic heterocycles. The molecular weight excluding hydrogens is 174 g/mol. The highest BCUT2D eigenvalue weighted by Gasteiger charge is 2.10. The van der Waals surface area contributed by atoms with Gasteiger partial charge in [0.25, 0.3) is 0 Å². The standard InChI is InChI=1S/C12H25NO/c1-10(2)7-8-14-11(3)9-13-12(4,5)6/h11,13H,1,7-9H2,2-6H3. The molecule has 0 fully saturated rings. The predicted octanol–water partition coefficient (Wildman–Crippen LogP) is 2.75. The van der Waals surface area contributed by atoms with E-state index in [0.29, 0.717) is 0 Å². The Kier molecular flexibility index (Phi) is 6.05. The molecular formula is C12H25NO. The maximum absolute atomic E-state index is 5.62. The second-order valence-electron chi connectivity index (χ2n) is 5.02. The van der Waals surface area contributed by atoms with Crippen LogP contribution in [-0.2, 0) is 4.74 Å². The van der Waals surface area contributed by atoms with Crippen LogP contribution in [0, 0.1) is 0 Å². The molecule has 1 unspecified atom stereocenters. The Morgan fingerprint density at radius 3 is 2.43 bits per heavy atom. The zero-order valence-electron chi connectivity index (χ0n) is 10.3. The summed E-state index contributed by atoms with van der Waals surface area (Å²) in [7, 11) is 0. The van der Waals surface area contributed by atoms with Crippen molar-refractivity contribution in [3.05, 3.63) is 12.2 Å². The minimum Gasteiger partial charge on any atom is -0.377 e. The maximum atomic E-state index is 5.62. The molecule has 0 aromatic carbocycles. The average molecular weight is 199 g/mol. The van der Waals surface area contributed by atoms with E-state index >= 15 is 0 Å². The molecule has 0 saturated carbocycles. The summed E-state index contributed by atoms with van der Waals surface area (Å²) in [5, 5.41) is 3.41. The Labute approximate surface area is 88.7 Å². The molecule has 0 aromatic heterocycles. The molecule has 0 aliphatic carbocycles. The van der Waals surface area contributed by atoms with Gasteiger partial charge in [-0.3, -0.25) is 0 Å². The molecule has 84 valence electrons. The third-order valence-corrected chi connectivity index (χ3v) is 1.85. The monoisotopic (exact) mass is 199 g/mol. The molecule has 1 N–H and O–H groups in total. The second kappa shape index (κ2) is 6.20. The van der Waals surface area contributed by atoms with Gasteiger partial charge in [0.1, 0.15) is 0 Å². The Bertz CT molecular complexity index is 170. The van der Waals surface area contributed by atoms with Gasteiger partial charge in [-0.05, 0) is 41.0 Å². The first kappa shape index (κ1) is 13.7. The second-order valence-corrected chi connectivity index (χ2v) is 5.02. The summed E-state index contributed by atoms with van der Waals surface area (Å²) in [5.41, 5.74) is 1.35. The van der Waals surface area contributed by atoms with Crippen molar-refractivity contribution in [2.24, 2.45) is 0 Å². The van der Waals surface area contributed by atoms with E-state index in [1.165, 1.54) is 5.57 Å². The number of hydrogen-bond donors (Lipinski definition) is 1. The fraction of sp³-hybridized carbons (Fsp3) is 0.833. The van der Waals surface area contributed by atoms with Gasteiger partial charge < -0.3 is 10.1 Å². The van der Waals surface area contributed by atoms with E-state index in [9.17, 15) is 0 Å². The molecule has 1 atom stereocenters. The van der Waals surface area contributed by atoms with Crippen LogP contribution in [0.2, 0.25) is 0 Å². The van der Waals surface area contributed by atoms with E-state index in [1.54, 1.807) is 0 Å². The van der Waals surface area contributed by atoms with Gasteiger partial charge in [-0.15, -0.1) is 6.58 Å². The Balaban J connectivity index is 3.46. The predicted molar refractivity (Wildman–Crippen MR) is 62.6 cm³/mol. The van der Waals surface area contributed by atoms with Gasteiger partial charge >= 0.3 is 0 Å². The van der Waals surface area contributed by atoms with Gasteiger partial charge in [-0.1, -0.05) is 5.57 Å². The van der Waals surface area contributed by atoms with Gasteiger partial charge in [0.05, 0.1) is 12.7 Å². The molecule has 0 amide bonds. The van der Waals surface area contributed by atoms with E-state index in [4.69, 9.17) is 4.74 Å². The van der Waals surface area contributed by atoms with Crippen LogP contribution < -0.4 is 5.32 Å². The van der Waals surface area contributed by atoms with Crippen molar-refractivity contribution in [1.82, 2.24) is 5.32 Å². The highest BCUT2D eigenvalue weighted by atomic mass is 16.5. The maximum Gasteiger partial charge on any atom is 0.0671 e. The SMILES string of the molecule is C=C(C)CCOC(C)CNC(C)(C)C. The van der Waals surface area contributed by atoms with E-state index in [2.05, 4.69) is 39.6 Å². The lowest BCUT2D eigenvalue weighted by atomic mass is 10.1. The van der Waals surface area contributed by atoms with E-state index in [-0.39, 0.29) is 11.6 Å². The summed E-state index contributed by atoms with van der Waals surface area (Å²) in [6.45, 7) is 16.1. The minimum absolute atomic E-state index is 0.173. The van der Waals surface area contributed by atoms with Crippen LogP contribution in [0.3, 0.4) is 0 Å². The molecule has 0 bridgehead atoms. The fourth-order valence-electron chi connectivity index (χ4n) is 0.943. The third kappa shape index (κ3) is 9.75. The topological polar surface area (TPSA) is 21.3 Å². The molecule has 2 nitrogen and oxygen atoms in total. The van der Waals surface area contributed by atoms with Crippen LogP contribution in [0.15, 0.2) is 12.2 Å². The Morgan fingerprint density at radius 1 is 1.43 bits per heavy atom. The van der Waals surface area contributed by atoms with Crippen LogP contribution in [-0.4, -0.2) is 24.8 Å². The first-order chi connectivity index (χ1) is 6.31. The number of hydrogen-bond acceptors (Lipinski definition) is 2. The van der Waals surface area contributed by atoms with Crippen molar-refractivity contribution in [2.75, 3.05) is 13.2 Å². The molecule has 0 radical (unpaired) electrons. The lowest BCUT2D eigenvalue weighted by Crippen LogP contribution is -2.40. The van der Waals surface area contributed by atoms with Gasteiger partial charge in [-0.2, -0.15) is 0 Å². The zero-order valence-corrected chi connectivity index (χ0v) is 10.3. The first-order valence-electron chi connectivity index (χ1n) is 5.32. The van der Waals surface area contributed by atoms with Gasteiger partial charge in [0, 0.05) is 12.1 Å². The van der Waals surface area contributed by atoms with Crippen molar-refractivity contribution in [3.8, 4) is 0 Å². The van der Waals surface area contributed by atoms with Gasteiger partial charge in [-0.25, -0.2) is 0 Å². The lowest BCUT2D eigenvalue weighted by Gasteiger charge is -2.23. The van der Waals surface area contributed by atoms with Crippen LogP contribution in [0.1, 0.15) is 41.0 Å². The highest BCUT2D eigenvalue weighted by Crippen LogP contribution is 2.01. The molecule has 2 heteroatoms. The first-order valence-corrected chi connectivity index (χ1v) is 5.32. The highest BCUT2D eigenvalue weighted by molar-refractivity contribution is 4.87. The van der Waals surface area contributed by atoms with Crippen LogP contribution in [0.5, 0.6) is 0 Å². The van der Waals surface area contributed by atoms with Crippen LogP contribution in [0.4, 0.5) is 0 Å². The van der Waals surface area contributed by atoms with Gasteiger partial charge in [0.2, 0.25) is 0 Å². The Hall–Kier alpha value is -0.340. The fourth-order valence-corrected chi connectivity index (χ4v) is 0.943. The van der Waals surface area contributed by atoms with Crippen LogP contribution in [0.25, 0.3) is 0 Å². The number of nitrogens with one attached hydrogen (secondary N) is 1. The van der Waals surface area contributed by atoms with E-state index in [0.717, 1.165) is 19.6 Å². The molecule has 14 heavy (non-hydrogen) atoms. The summed E-state index contributed by atoms with van der Waals surface area (Å²) < 4.78 is 5.62. The molecule has 0 spiro atoms. The van der Waals surface area contributed by atoms with Crippen molar-refractivity contribution < 1.29 is 4.74 Å². The summed E-state index contributed by atoms with van der Waals surface area (Å²) in [4.78, 5) is 0. The zero-order chi connectivity index (χ0) is 11.2.